The van der Waals surface area contributed by atoms with Crippen LogP contribution in [0.25, 0.3) is 0 Å². The standard InChI is InChI=1S/C21H30Cl2N4O2S/c1-13(2)30(3,29)26-21(16-11-17(22)18(23)12-19(16)28)14-5-8-27(9-6-14)20-10-15(24)4-7-25-20/h4,7,10-14,21,28,30H,5-6,8-9H2,1-3H3,(H2,24,25)(H,26,29)/t21-/m1/s1. The maximum atomic E-state index is 13.2. The van der Waals surface area contributed by atoms with E-state index in [0.717, 1.165) is 31.7 Å². The average molecular weight is 473 g/mol. The van der Waals surface area contributed by atoms with Crippen molar-refractivity contribution < 1.29 is 9.32 Å². The summed E-state index contributed by atoms with van der Waals surface area (Å²) < 4.78 is 16.6. The second-order valence-corrected chi connectivity index (χ2v) is 12.4. The number of rotatable bonds is 6. The molecule has 1 saturated heterocycles. The van der Waals surface area contributed by atoms with Gasteiger partial charge in [-0.05, 0) is 30.9 Å². The van der Waals surface area contributed by atoms with E-state index in [1.807, 2.05) is 19.9 Å². The minimum absolute atomic E-state index is 0.0264. The Labute approximate surface area is 189 Å². The lowest BCUT2D eigenvalue weighted by molar-refractivity contribution is 0.320. The van der Waals surface area contributed by atoms with Crippen molar-refractivity contribution in [1.82, 2.24) is 9.71 Å². The van der Waals surface area contributed by atoms with Gasteiger partial charge in [-0.2, -0.15) is 0 Å². The highest BCUT2D eigenvalue weighted by atomic mass is 35.5. The van der Waals surface area contributed by atoms with Crippen molar-refractivity contribution in [3.8, 4) is 5.75 Å². The third-order valence-corrected chi connectivity index (χ3v) is 9.37. The van der Waals surface area contributed by atoms with Gasteiger partial charge in [-0.25, -0.2) is 4.98 Å². The Kier molecular flexibility index (Phi) is 7.17. The van der Waals surface area contributed by atoms with Gasteiger partial charge >= 0.3 is 0 Å². The monoisotopic (exact) mass is 472 g/mol. The van der Waals surface area contributed by atoms with Crippen molar-refractivity contribution in [1.29, 1.82) is 0 Å². The Hall–Kier alpha value is -1.54. The van der Waals surface area contributed by atoms with Crippen LogP contribution < -0.4 is 15.4 Å². The summed E-state index contributed by atoms with van der Waals surface area (Å²) in [6, 6.07) is 6.49. The van der Waals surface area contributed by atoms with Crippen molar-refractivity contribution in [2.24, 2.45) is 5.92 Å². The number of aromatic hydroxyl groups is 1. The molecule has 0 bridgehead atoms. The number of phenols is 1. The van der Waals surface area contributed by atoms with Crippen LogP contribution >= 0.6 is 23.2 Å². The van der Waals surface area contributed by atoms with E-state index in [-0.39, 0.29) is 23.0 Å². The molecule has 1 aliphatic rings. The summed E-state index contributed by atoms with van der Waals surface area (Å²) in [5.41, 5.74) is 7.22. The van der Waals surface area contributed by atoms with Crippen LogP contribution in [-0.4, -0.2) is 38.9 Å². The first-order valence-corrected chi connectivity index (χ1v) is 13.1. The Bertz CT molecular complexity index is 949. The van der Waals surface area contributed by atoms with E-state index in [2.05, 4.69) is 14.6 Å². The highest BCUT2D eigenvalue weighted by Gasteiger charge is 2.33. The highest BCUT2D eigenvalue weighted by Crippen LogP contribution is 2.40. The zero-order valence-electron chi connectivity index (χ0n) is 17.5. The molecule has 0 amide bonds. The molecule has 1 aromatic heterocycles. The number of anilines is 2. The number of thiol groups is 1. The number of halogens is 2. The topological polar surface area (TPSA) is 91.5 Å². The van der Waals surface area contributed by atoms with E-state index in [9.17, 15) is 9.32 Å². The summed E-state index contributed by atoms with van der Waals surface area (Å²) in [7, 11) is -2.66. The first kappa shape index (κ1) is 23.1. The van der Waals surface area contributed by atoms with Crippen molar-refractivity contribution in [2.45, 2.75) is 38.0 Å². The van der Waals surface area contributed by atoms with Gasteiger partial charge < -0.3 is 15.7 Å². The van der Waals surface area contributed by atoms with Gasteiger partial charge in [0.25, 0.3) is 0 Å². The van der Waals surface area contributed by atoms with Gasteiger partial charge in [-0.1, -0.05) is 47.2 Å². The average Bonchev–Trinajstić information content (AvgIpc) is 2.69. The molecule has 30 heavy (non-hydrogen) atoms. The number of aromatic nitrogens is 1. The minimum atomic E-state index is -2.66. The number of benzene rings is 1. The molecule has 1 aliphatic heterocycles. The Morgan fingerprint density at radius 1 is 1.23 bits per heavy atom. The fourth-order valence-corrected chi connectivity index (χ4v) is 5.25. The number of piperidine rings is 1. The van der Waals surface area contributed by atoms with Gasteiger partial charge in [-0.15, -0.1) is 0 Å². The second-order valence-electron chi connectivity index (χ2n) is 8.29. The molecule has 0 spiro atoms. The Morgan fingerprint density at radius 2 is 1.87 bits per heavy atom. The van der Waals surface area contributed by atoms with Gasteiger partial charge in [-0.3, -0.25) is 8.93 Å². The van der Waals surface area contributed by atoms with Crippen LogP contribution in [0.2, 0.25) is 10.0 Å². The van der Waals surface area contributed by atoms with Crippen LogP contribution in [0.15, 0.2) is 30.5 Å². The molecule has 9 heteroatoms. The van der Waals surface area contributed by atoms with Crippen LogP contribution in [0.1, 0.15) is 38.3 Å². The molecule has 0 unspecified atom stereocenters. The molecular weight excluding hydrogens is 443 g/mol. The quantitative estimate of drug-likeness (QED) is 0.473. The fraction of sp³-hybridized carbons (Fsp3) is 0.476. The van der Waals surface area contributed by atoms with Gasteiger partial charge in [0.1, 0.15) is 11.6 Å². The Morgan fingerprint density at radius 3 is 2.47 bits per heavy atom. The van der Waals surface area contributed by atoms with Crippen molar-refractivity contribution in [3.63, 3.8) is 0 Å². The van der Waals surface area contributed by atoms with E-state index in [0.29, 0.717) is 21.3 Å². The van der Waals surface area contributed by atoms with Crippen LogP contribution in [0, 0.1) is 5.92 Å². The van der Waals surface area contributed by atoms with Crippen LogP contribution in [0.5, 0.6) is 5.75 Å². The van der Waals surface area contributed by atoms with Gasteiger partial charge in [0, 0.05) is 60.2 Å². The van der Waals surface area contributed by atoms with E-state index in [1.165, 1.54) is 6.07 Å². The largest absolute Gasteiger partial charge is 0.508 e. The number of hydrogen-bond acceptors (Lipinski definition) is 5. The molecule has 0 aliphatic carbocycles. The molecule has 1 fully saturated rings. The predicted molar refractivity (Wildman–Crippen MR) is 128 cm³/mol. The summed E-state index contributed by atoms with van der Waals surface area (Å²) in [6.07, 6.45) is 5.15. The van der Waals surface area contributed by atoms with Crippen molar-refractivity contribution >= 4 is 44.8 Å². The smallest absolute Gasteiger partial charge is 0.130 e. The van der Waals surface area contributed by atoms with Crippen LogP contribution in [0.3, 0.4) is 0 Å². The number of nitrogens with zero attached hydrogens (tertiary/aromatic N) is 2. The lowest BCUT2D eigenvalue weighted by Gasteiger charge is -2.40. The molecule has 3 rings (SSSR count). The highest BCUT2D eigenvalue weighted by molar-refractivity contribution is 8.01. The zero-order valence-corrected chi connectivity index (χ0v) is 19.9. The molecule has 0 saturated carbocycles. The predicted octanol–water partition coefficient (Wildman–Crippen LogP) is 4.19. The molecular formula is C21H30Cl2N4O2S. The summed E-state index contributed by atoms with van der Waals surface area (Å²) >= 11 is 12.3. The maximum absolute atomic E-state index is 13.2. The van der Waals surface area contributed by atoms with E-state index >= 15 is 0 Å². The van der Waals surface area contributed by atoms with E-state index in [4.69, 9.17) is 28.9 Å². The molecule has 6 nitrogen and oxygen atoms in total. The van der Waals surface area contributed by atoms with Gasteiger partial charge in [0.2, 0.25) is 0 Å². The van der Waals surface area contributed by atoms with Crippen LogP contribution in [0.4, 0.5) is 11.5 Å². The lowest BCUT2D eigenvalue weighted by atomic mass is 9.85. The summed E-state index contributed by atoms with van der Waals surface area (Å²) in [4.78, 5) is 6.62. The SMILES string of the molecule is CC(C)[SH](C)(=O)N[C@@H](c1cc(Cl)c(Cl)cc1O)C1CCN(c2cc(N)ccn2)CC1. The third-order valence-electron chi connectivity index (χ3n) is 5.89. The number of phenolic OH excluding ortho intramolecular Hbond substituents is 1. The second kappa shape index (κ2) is 9.30. The summed E-state index contributed by atoms with van der Waals surface area (Å²) in [5.74, 6) is 1.08. The van der Waals surface area contributed by atoms with Gasteiger partial charge in [0.15, 0.2) is 0 Å². The zero-order chi connectivity index (χ0) is 22.1. The van der Waals surface area contributed by atoms with E-state index in [1.54, 1.807) is 24.6 Å². The number of nitrogens with one attached hydrogen (secondary N) is 1. The molecule has 1 aromatic carbocycles. The van der Waals surface area contributed by atoms with Crippen LogP contribution in [-0.2, 0) is 10.1 Å². The van der Waals surface area contributed by atoms with Crippen molar-refractivity contribution in [2.75, 3.05) is 30.0 Å². The molecule has 166 valence electrons. The molecule has 1 atom stereocenters. The minimum Gasteiger partial charge on any atom is -0.508 e. The summed E-state index contributed by atoms with van der Waals surface area (Å²) in [6.45, 7) is 5.45. The number of nitrogens with two attached hydrogens (primary N) is 1. The number of pyridine rings is 1. The van der Waals surface area contributed by atoms with Crippen molar-refractivity contribution in [3.05, 3.63) is 46.1 Å². The molecule has 2 aromatic rings. The third kappa shape index (κ3) is 5.19. The normalized spacial score (nSPS) is 17.3. The van der Waals surface area contributed by atoms with E-state index < -0.39 is 10.1 Å². The molecule has 4 N–H and O–H groups in total. The first-order chi connectivity index (χ1) is 14.1. The lowest BCUT2D eigenvalue weighted by Crippen LogP contribution is -2.45. The first-order valence-electron chi connectivity index (χ1n) is 10.1. The number of hydrogen-bond donors (Lipinski definition) is 4. The molecule has 0 radical (unpaired) electrons. The number of nitrogen functional groups attached to an aromatic ring is 1. The van der Waals surface area contributed by atoms with Gasteiger partial charge in [0.05, 0.1) is 10.0 Å². The fourth-order valence-electron chi connectivity index (χ4n) is 3.72. The maximum Gasteiger partial charge on any atom is 0.130 e. The molecule has 2 heterocycles. The summed E-state index contributed by atoms with van der Waals surface area (Å²) in [5, 5.41) is 11.2. The Balaban J connectivity index is 1.86.